The minimum Gasteiger partial charge on any atom is -0.464 e. The maximum atomic E-state index is 15.3. The Kier molecular flexibility index (Phi) is 8.15. The van der Waals surface area contributed by atoms with E-state index in [1.807, 2.05) is 0 Å². The van der Waals surface area contributed by atoms with E-state index in [-0.39, 0.29) is 48.3 Å². The number of rotatable bonds is 3. The lowest BCUT2D eigenvalue weighted by molar-refractivity contribution is -0.144. The summed E-state index contributed by atoms with van der Waals surface area (Å²) in [5, 5.41) is 5.66. The minimum atomic E-state index is -1.39. The Morgan fingerprint density at radius 1 is 1.14 bits per heavy atom. The van der Waals surface area contributed by atoms with Gasteiger partial charge in [0.05, 0.1) is 41.0 Å². The third-order valence-corrected chi connectivity index (χ3v) is 8.78. The van der Waals surface area contributed by atoms with Gasteiger partial charge in [0.1, 0.15) is 11.9 Å². The maximum Gasteiger partial charge on any atom is 0.412 e. The van der Waals surface area contributed by atoms with Crippen molar-refractivity contribution in [3.63, 3.8) is 0 Å². The molecule has 3 aliphatic rings. The molecule has 0 aliphatic carbocycles. The Hall–Kier alpha value is -4.25. The summed E-state index contributed by atoms with van der Waals surface area (Å²) in [6, 6.07) is 9.98. The van der Waals surface area contributed by atoms with E-state index in [1.165, 1.54) is 24.3 Å². The summed E-state index contributed by atoms with van der Waals surface area (Å²) in [5.41, 5.74) is 1.18. The van der Waals surface area contributed by atoms with Crippen LogP contribution in [0.3, 0.4) is 0 Å². The van der Waals surface area contributed by atoms with Crippen LogP contribution in [0.2, 0.25) is 5.02 Å². The van der Waals surface area contributed by atoms with Gasteiger partial charge in [-0.1, -0.05) is 24.4 Å². The summed E-state index contributed by atoms with van der Waals surface area (Å²) in [5.74, 6) is -2.50. The third kappa shape index (κ3) is 5.56. The van der Waals surface area contributed by atoms with E-state index in [2.05, 4.69) is 15.6 Å². The molecule has 44 heavy (non-hydrogen) atoms. The number of nitrogens with one attached hydrogen (secondary N) is 2. The average Bonchev–Trinajstić information content (AvgIpc) is 3.41. The Morgan fingerprint density at radius 3 is 2.75 bits per heavy atom. The molecule has 3 aromatic rings. The number of esters is 1. The Morgan fingerprint density at radius 2 is 1.93 bits per heavy atom. The largest absolute Gasteiger partial charge is 0.464 e. The summed E-state index contributed by atoms with van der Waals surface area (Å²) in [6.07, 6.45) is 3.08. The zero-order chi connectivity index (χ0) is 31.0. The van der Waals surface area contributed by atoms with Crippen molar-refractivity contribution in [1.29, 1.82) is 0 Å². The van der Waals surface area contributed by atoms with Gasteiger partial charge in [-0.3, -0.25) is 15.1 Å². The highest BCUT2D eigenvalue weighted by atomic mass is 35.5. The number of pyridine rings is 1. The predicted octanol–water partition coefficient (Wildman–Crippen LogP) is 6.37. The molecule has 2 bridgehead atoms. The van der Waals surface area contributed by atoms with E-state index in [9.17, 15) is 18.8 Å². The van der Waals surface area contributed by atoms with Crippen molar-refractivity contribution >= 4 is 40.9 Å². The molecule has 1 spiro atoms. The van der Waals surface area contributed by atoms with Gasteiger partial charge in [-0.05, 0) is 67.8 Å². The van der Waals surface area contributed by atoms with Crippen molar-refractivity contribution in [2.75, 3.05) is 30.3 Å². The first-order valence-electron chi connectivity index (χ1n) is 14.7. The molecule has 2 aromatic carbocycles. The van der Waals surface area contributed by atoms with Crippen LogP contribution in [0.4, 0.5) is 25.0 Å². The zero-order valence-corrected chi connectivity index (χ0v) is 24.8. The fourth-order valence-corrected chi connectivity index (χ4v) is 6.56. The second kappa shape index (κ2) is 12.0. The number of nitrogens with zero attached hydrogens (tertiary/aromatic N) is 2. The van der Waals surface area contributed by atoms with Gasteiger partial charge in [-0.2, -0.15) is 0 Å². The molecule has 1 saturated heterocycles. The highest BCUT2D eigenvalue weighted by molar-refractivity contribution is 6.31. The van der Waals surface area contributed by atoms with E-state index < -0.39 is 41.3 Å². The van der Waals surface area contributed by atoms with Crippen molar-refractivity contribution in [2.24, 2.45) is 0 Å². The molecule has 1 unspecified atom stereocenters. The van der Waals surface area contributed by atoms with Crippen LogP contribution in [-0.2, 0) is 24.7 Å². The molecular formula is C32H31ClF2N4O5. The third-order valence-electron chi connectivity index (χ3n) is 8.48. The summed E-state index contributed by atoms with van der Waals surface area (Å²) in [7, 11) is 0. The Labute approximate surface area is 257 Å². The van der Waals surface area contributed by atoms with Gasteiger partial charge in [0, 0.05) is 30.4 Å². The predicted molar refractivity (Wildman–Crippen MR) is 159 cm³/mol. The first-order chi connectivity index (χ1) is 21.2. The number of hydrogen-bond donors (Lipinski definition) is 2. The Bertz CT molecular complexity index is 1640. The number of carbonyl (C=O) groups is 3. The standard InChI is InChI=1S/C32H31ClF2N4O5/c1-2-43-30(41)25-6-4-3-5-20(26-15-18(11-13-36-26)21-16-19(34)7-9-23(21)37-25)29(40)39-14-12-32(17-39)27-24(38-31(42)44-32)10-8-22(33)28(27)35/h7-11,13,15-16,20,25,37H,2-6,12,14,17H2,1H3,(H,38,42)/t20-,25?,32+/m1/s1. The van der Waals surface area contributed by atoms with Gasteiger partial charge >= 0.3 is 12.1 Å². The van der Waals surface area contributed by atoms with Crippen LogP contribution in [0.15, 0.2) is 48.7 Å². The molecule has 1 fully saturated rings. The molecule has 3 atom stereocenters. The van der Waals surface area contributed by atoms with Crippen LogP contribution in [0.1, 0.15) is 56.2 Å². The van der Waals surface area contributed by atoms with Gasteiger partial charge in [-0.25, -0.2) is 18.4 Å². The molecule has 1 aromatic heterocycles. The second-order valence-corrected chi connectivity index (χ2v) is 11.7. The fraction of sp³-hybridized carbons (Fsp3) is 0.375. The second-order valence-electron chi connectivity index (χ2n) is 11.2. The smallest absolute Gasteiger partial charge is 0.412 e. The lowest BCUT2D eigenvalue weighted by atomic mass is 9.89. The van der Waals surface area contributed by atoms with Crippen molar-refractivity contribution in [3.8, 4) is 11.1 Å². The van der Waals surface area contributed by atoms with Crippen LogP contribution in [-0.4, -0.2) is 53.6 Å². The number of anilines is 2. The minimum absolute atomic E-state index is 0.0530. The monoisotopic (exact) mass is 624 g/mol. The fourth-order valence-electron chi connectivity index (χ4n) is 6.40. The van der Waals surface area contributed by atoms with Crippen LogP contribution < -0.4 is 10.6 Å². The first-order valence-corrected chi connectivity index (χ1v) is 15.0. The summed E-state index contributed by atoms with van der Waals surface area (Å²) >= 11 is 6.09. The number of amides is 2. The number of ether oxygens (including phenoxy) is 2. The molecule has 2 amide bonds. The number of hydrogen-bond acceptors (Lipinski definition) is 7. The number of fused-ring (bicyclic) bond motifs is 6. The maximum absolute atomic E-state index is 15.3. The molecule has 12 heteroatoms. The number of carbonyl (C=O) groups excluding carboxylic acids is 3. The van der Waals surface area contributed by atoms with Crippen molar-refractivity contribution in [3.05, 3.63) is 76.6 Å². The molecule has 6 rings (SSSR count). The number of aromatic nitrogens is 1. The Balaban J connectivity index is 1.34. The molecular weight excluding hydrogens is 594 g/mol. The van der Waals surface area contributed by atoms with E-state index in [0.717, 1.165) is 0 Å². The normalized spacial score (nSPS) is 22.8. The SMILES string of the molecule is CCOC(=O)C1CCCC[C@@H](C(=O)N2CC[C@@]3(C2)OC(=O)Nc2ccc(Cl)c(F)c23)c2cc(ccn2)-c2cc(F)ccc2N1. The summed E-state index contributed by atoms with van der Waals surface area (Å²) < 4.78 is 40.8. The number of likely N-dealkylation sites (tertiary alicyclic amines) is 1. The quantitative estimate of drug-likeness (QED) is 0.326. The van der Waals surface area contributed by atoms with Crippen molar-refractivity contribution in [1.82, 2.24) is 9.88 Å². The molecule has 2 N–H and O–H groups in total. The van der Waals surface area contributed by atoms with Gasteiger partial charge in [0.25, 0.3) is 0 Å². The van der Waals surface area contributed by atoms with Crippen LogP contribution in [0, 0.1) is 11.6 Å². The van der Waals surface area contributed by atoms with Gasteiger partial charge in [0.15, 0.2) is 11.4 Å². The topological polar surface area (TPSA) is 110 Å². The molecule has 0 saturated carbocycles. The van der Waals surface area contributed by atoms with E-state index in [1.54, 1.807) is 36.2 Å². The zero-order valence-electron chi connectivity index (χ0n) is 24.0. The van der Waals surface area contributed by atoms with E-state index in [4.69, 9.17) is 21.1 Å². The summed E-state index contributed by atoms with van der Waals surface area (Å²) in [4.78, 5) is 45.6. The van der Waals surface area contributed by atoms with Crippen LogP contribution in [0.25, 0.3) is 11.1 Å². The summed E-state index contributed by atoms with van der Waals surface area (Å²) in [6.45, 7) is 2.13. The molecule has 230 valence electrons. The van der Waals surface area contributed by atoms with Gasteiger partial charge in [0.2, 0.25) is 5.91 Å². The molecule has 3 aliphatic heterocycles. The highest BCUT2D eigenvalue weighted by Gasteiger charge is 2.51. The lowest BCUT2D eigenvalue weighted by Gasteiger charge is -2.36. The van der Waals surface area contributed by atoms with Gasteiger partial charge in [-0.15, -0.1) is 0 Å². The van der Waals surface area contributed by atoms with Gasteiger partial charge < -0.3 is 19.7 Å². The van der Waals surface area contributed by atoms with E-state index >= 15 is 4.39 Å². The van der Waals surface area contributed by atoms with Crippen molar-refractivity contribution in [2.45, 2.75) is 56.6 Å². The van der Waals surface area contributed by atoms with Crippen LogP contribution in [0.5, 0.6) is 0 Å². The molecule has 4 heterocycles. The van der Waals surface area contributed by atoms with E-state index in [0.29, 0.717) is 48.2 Å². The lowest BCUT2D eigenvalue weighted by Crippen LogP contribution is -2.44. The molecule has 0 radical (unpaired) electrons. The molecule has 9 nitrogen and oxygen atoms in total. The highest BCUT2D eigenvalue weighted by Crippen LogP contribution is 2.46. The first kappa shape index (κ1) is 29.8. The number of benzene rings is 2. The average molecular weight is 625 g/mol. The number of halogens is 3. The van der Waals surface area contributed by atoms with Crippen molar-refractivity contribution < 1.29 is 32.6 Å². The van der Waals surface area contributed by atoms with Crippen LogP contribution >= 0.6 is 11.6 Å².